The third kappa shape index (κ3) is 4.03. The zero-order valence-corrected chi connectivity index (χ0v) is 15.5. The van der Waals surface area contributed by atoms with Crippen LogP contribution in [0.1, 0.15) is 60.9 Å². The normalized spacial score (nSPS) is 22.7. The quantitative estimate of drug-likeness (QED) is 0.693. The Morgan fingerprint density at radius 3 is 2.56 bits per heavy atom. The number of H-pyrrole nitrogens is 1. The molecule has 1 unspecified atom stereocenters. The SMILES string of the molecule is O=C(O)[C@@H](C1CCCC1)[C@H](Cc1ccc(C2CCNC2)cc1)c1nnn[nH]1. The second-order valence-corrected chi connectivity index (χ2v) is 7.94. The Kier molecular flexibility index (Phi) is 5.48. The number of aliphatic carboxylic acids is 1. The summed E-state index contributed by atoms with van der Waals surface area (Å²) in [5.41, 5.74) is 2.49. The summed E-state index contributed by atoms with van der Waals surface area (Å²) in [6, 6.07) is 8.65. The molecule has 1 aromatic carbocycles. The summed E-state index contributed by atoms with van der Waals surface area (Å²) < 4.78 is 0. The van der Waals surface area contributed by atoms with Gasteiger partial charge in [0, 0.05) is 12.5 Å². The van der Waals surface area contributed by atoms with Crippen molar-refractivity contribution in [1.29, 1.82) is 0 Å². The molecule has 4 rings (SSSR count). The molecule has 1 saturated carbocycles. The fourth-order valence-electron chi connectivity index (χ4n) is 4.86. The van der Waals surface area contributed by atoms with Crippen LogP contribution in [0.3, 0.4) is 0 Å². The monoisotopic (exact) mass is 369 g/mol. The van der Waals surface area contributed by atoms with Gasteiger partial charge in [-0.1, -0.05) is 37.1 Å². The molecule has 2 heterocycles. The number of carboxylic acid groups (broad SMARTS) is 1. The molecule has 2 fully saturated rings. The van der Waals surface area contributed by atoms with Crippen molar-refractivity contribution in [3.63, 3.8) is 0 Å². The van der Waals surface area contributed by atoms with Crippen LogP contribution in [0.4, 0.5) is 0 Å². The highest BCUT2D eigenvalue weighted by atomic mass is 16.4. The summed E-state index contributed by atoms with van der Waals surface area (Å²) in [6.07, 6.45) is 5.98. The minimum absolute atomic E-state index is 0.196. The van der Waals surface area contributed by atoms with Gasteiger partial charge in [0.1, 0.15) is 0 Å². The van der Waals surface area contributed by atoms with Gasteiger partial charge in [0.05, 0.1) is 5.92 Å². The molecule has 27 heavy (non-hydrogen) atoms. The van der Waals surface area contributed by atoms with Gasteiger partial charge in [-0.2, -0.15) is 0 Å². The number of nitrogens with one attached hydrogen (secondary N) is 2. The van der Waals surface area contributed by atoms with Crippen molar-refractivity contribution in [3.8, 4) is 0 Å². The number of hydrogen-bond donors (Lipinski definition) is 3. The van der Waals surface area contributed by atoms with Crippen LogP contribution in [0.15, 0.2) is 24.3 Å². The Morgan fingerprint density at radius 1 is 1.19 bits per heavy atom. The van der Waals surface area contributed by atoms with E-state index in [9.17, 15) is 9.90 Å². The smallest absolute Gasteiger partial charge is 0.307 e. The van der Waals surface area contributed by atoms with Crippen molar-refractivity contribution in [1.82, 2.24) is 25.9 Å². The average Bonchev–Trinajstić information content (AvgIpc) is 3.43. The number of nitrogens with zero attached hydrogens (tertiary/aromatic N) is 3. The fourth-order valence-corrected chi connectivity index (χ4v) is 4.86. The van der Waals surface area contributed by atoms with Gasteiger partial charge in [0.15, 0.2) is 5.82 Å². The number of aromatic amines is 1. The van der Waals surface area contributed by atoms with E-state index in [4.69, 9.17) is 0 Å². The Bertz CT molecular complexity index is 734. The molecule has 1 saturated heterocycles. The van der Waals surface area contributed by atoms with Crippen molar-refractivity contribution in [2.75, 3.05) is 13.1 Å². The van der Waals surface area contributed by atoms with Crippen LogP contribution < -0.4 is 5.32 Å². The van der Waals surface area contributed by atoms with E-state index in [2.05, 4.69) is 50.2 Å². The minimum atomic E-state index is -0.739. The zero-order valence-electron chi connectivity index (χ0n) is 15.5. The van der Waals surface area contributed by atoms with E-state index >= 15 is 0 Å². The van der Waals surface area contributed by atoms with Gasteiger partial charge in [-0.25, -0.2) is 5.10 Å². The molecule has 3 atom stereocenters. The van der Waals surface area contributed by atoms with Crippen LogP contribution >= 0.6 is 0 Å². The average molecular weight is 369 g/mol. The predicted octanol–water partition coefficient (Wildman–Crippen LogP) is 2.49. The van der Waals surface area contributed by atoms with E-state index in [0.29, 0.717) is 18.2 Å². The van der Waals surface area contributed by atoms with Crippen LogP contribution in [0.2, 0.25) is 0 Å². The highest BCUT2D eigenvalue weighted by Gasteiger charge is 2.39. The van der Waals surface area contributed by atoms with Crippen molar-refractivity contribution < 1.29 is 9.90 Å². The van der Waals surface area contributed by atoms with Crippen molar-refractivity contribution in [3.05, 3.63) is 41.2 Å². The molecule has 2 aliphatic rings. The van der Waals surface area contributed by atoms with Crippen LogP contribution in [0, 0.1) is 11.8 Å². The Balaban J connectivity index is 1.56. The lowest BCUT2D eigenvalue weighted by Gasteiger charge is -2.27. The highest BCUT2D eigenvalue weighted by Crippen LogP contribution is 2.40. The summed E-state index contributed by atoms with van der Waals surface area (Å²) >= 11 is 0. The molecule has 0 radical (unpaired) electrons. The van der Waals surface area contributed by atoms with Gasteiger partial charge >= 0.3 is 5.97 Å². The first-order valence-corrected chi connectivity index (χ1v) is 9.98. The maximum atomic E-state index is 12.2. The Hall–Kier alpha value is -2.28. The number of aromatic nitrogens is 4. The lowest BCUT2D eigenvalue weighted by molar-refractivity contribution is -0.144. The molecule has 0 amide bonds. The molecular formula is C20H27N5O2. The van der Waals surface area contributed by atoms with E-state index < -0.39 is 11.9 Å². The third-order valence-corrected chi connectivity index (χ3v) is 6.31. The Morgan fingerprint density at radius 2 is 1.96 bits per heavy atom. The van der Waals surface area contributed by atoms with Crippen LogP contribution in [0.25, 0.3) is 0 Å². The molecule has 1 aromatic heterocycles. The van der Waals surface area contributed by atoms with Gasteiger partial charge in [0.25, 0.3) is 0 Å². The largest absolute Gasteiger partial charge is 0.481 e. The molecule has 0 bridgehead atoms. The third-order valence-electron chi connectivity index (χ3n) is 6.31. The summed E-state index contributed by atoms with van der Waals surface area (Å²) in [6.45, 7) is 2.11. The number of hydrogen-bond acceptors (Lipinski definition) is 5. The lowest BCUT2D eigenvalue weighted by Crippen LogP contribution is -2.30. The van der Waals surface area contributed by atoms with Gasteiger partial charge in [-0.15, -0.1) is 5.10 Å². The highest BCUT2D eigenvalue weighted by molar-refractivity contribution is 5.71. The maximum absolute atomic E-state index is 12.2. The van der Waals surface area contributed by atoms with E-state index in [-0.39, 0.29) is 11.8 Å². The standard InChI is InChI=1S/C20H27N5O2/c26-20(27)18(15-3-1-2-4-15)17(19-22-24-25-23-19)11-13-5-7-14(8-6-13)16-9-10-21-12-16/h5-8,15-18,21H,1-4,9-12H2,(H,26,27)(H,22,23,24,25)/t16?,17-,18-/m0/s1. The first-order valence-electron chi connectivity index (χ1n) is 9.98. The minimum Gasteiger partial charge on any atom is -0.481 e. The Labute approximate surface area is 159 Å². The topological polar surface area (TPSA) is 104 Å². The molecule has 1 aliphatic carbocycles. The summed E-state index contributed by atoms with van der Waals surface area (Å²) in [7, 11) is 0. The second kappa shape index (κ2) is 8.17. The predicted molar refractivity (Wildman–Crippen MR) is 100 cm³/mol. The van der Waals surface area contributed by atoms with Crippen molar-refractivity contribution >= 4 is 5.97 Å². The summed E-state index contributed by atoms with van der Waals surface area (Å²) in [5, 5.41) is 27.7. The number of carboxylic acids is 1. The molecule has 0 spiro atoms. The molecule has 1 aliphatic heterocycles. The van der Waals surface area contributed by atoms with E-state index in [1.54, 1.807) is 0 Å². The van der Waals surface area contributed by atoms with Crippen LogP contribution in [-0.4, -0.2) is 44.8 Å². The van der Waals surface area contributed by atoms with E-state index in [1.165, 1.54) is 12.0 Å². The van der Waals surface area contributed by atoms with E-state index in [0.717, 1.165) is 44.3 Å². The van der Waals surface area contributed by atoms with Crippen LogP contribution in [-0.2, 0) is 11.2 Å². The number of carbonyl (C=O) groups is 1. The first kappa shape index (κ1) is 18.1. The van der Waals surface area contributed by atoms with Gasteiger partial charge in [-0.3, -0.25) is 4.79 Å². The van der Waals surface area contributed by atoms with Crippen LogP contribution in [0.5, 0.6) is 0 Å². The number of tetrazole rings is 1. The fraction of sp³-hybridized carbons (Fsp3) is 0.600. The summed E-state index contributed by atoms with van der Waals surface area (Å²) in [4.78, 5) is 12.2. The molecule has 144 valence electrons. The molecular weight excluding hydrogens is 342 g/mol. The number of rotatable bonds is 7. The van der Waals surface area contributed by atoms with E-state index in [1.807, 2.05) is 0 Å². The molecule has 7 nitrogen and oxygen atoms in total. The molecule has 3 N–H and O–H groups in total. The van der Waals surface area contributed by atoms with Crippen molar-refractivity contribution in [2.24, 2.45) is 11.8 Å². The first-order chi connectivity index (χ1) is 13.2. The van der Waals surface area contributed by atoms with Gasteiger partial charge in [0.2, 0.25) is 0 Å². The van der Waals surface area contributed by atoms with Gasteiger partial charge < -0.3 is 10.4 Å². The number of benzene rings is 1. The molecule has 2 aromatic rings. The molecule has 7 heteroatoms. The second-order valence-electron chi connectivity index (χ2n) is 7.94. The summed E-state index contributed by atoms with van der Waals surface area (Å²) in [5.74, 6) is -0.0733. The lowest BCUT2D eigenvalue weighted by atomic mass is 9.77. The zero-order chi connectivity index (χ0) is 18.6. The van der Waals surface area contributed by atoms with Gasteiger partial charge in [-0.05, 0) is 65.6 Å². The maximum Gasteiger partial charge on any atom is 0.307 e. The van der Waals surface area contributed by atoms with Crippen molar-refractivity contribution in [2.45, 2.75) is 50.4 Å².